The Kier molecular flexibility index (Phi) is 17.7. The van der Waals surface area contributed by atoms with Gasteiger partial charge in [-0.2, -0.15) is 0 Å². The molecule has 0 saturated heterocycles. The Balaban J connectivity index is 4.70. The summed E-state index contributed by atoms with van der Waals surface area (Å²) in [6.07, 6.45) is 4.94. The van der Waals surface area contributed by atoms with Crippen LogP contribution in [0.1, 0.15) is 0 Å². The Labute approximate surface area is 245 Å². The fourth-order valence-electron chi connectivity index (χ4n) is 2.93. The van der Waals surface area contributed by atoms with Crippen LogP contribution in [0.15, 0.2) is 0 Å². The second-order valence-electron chi connectivity index (χ2n) is 9.43. The fraction of sp³-hybridized carbons (Fsp3) is 0.222. The van der Waals surface area contributed by atoms with Crippen LogP contribution >= 0.6 is 0 Å². The van der Waals surface area contributed by atoms with Crippen LogP contribution in [0.5, 0.6) is 0 Å². The lowest BCUT2D eigenvalue weighted by atomic mass is 10.4. The van der Waals surface area contributed by atoms with Gasteiger partial charge in [0.1, 0.15) is 8.07 Å². The highest BCUT2D eigenvalue weighted by Gasteiger charge is 2.36. The SMILES string of the molecule is C#CC#CC#CC#CC#CC#CC#CC#CC#CC#CC#CC#CC#CC#C[Si](C)(C)C[Si](C)(C)O[Si](C)(C)C. The van der Waals surface area contributed by atoms with Crippen LogP contribution in [0.25, 0.3) is 0 Å². The zero-order valence-electron chi connectivity index (χ0n) is 23.7. The van der Waals surface area contributed by atoms with Crippen LogP contribution in [0.3, 0.4) is 0 Å². The van der Waals surface area contributed by atoms with Gasteiger partial charge in [0.05, 0.1) is 0 Å². The molecule has 0 aliphatic heterocycles. The summed E-state index contributed by atoms with van der Waals surface area (Å²) in [7, 11) is -4.98. The van der Waals surface area contributed by atoms with Crippen molar-refractivity contribution in [2.45, 2.75) is 51.5 Å². The summed E-state index contributed by atoms with van der Waals surface area (Å²) in [5.74, 6) is 66.0. The maximum Gasteiger partial charge on any atom is 0.171 e. The third kappa shape index (κ3) is 25.5. The summed E-state index contributed by atoms with van der Waals surface area (Å²) in [5, 5.41) is 0. The van der Waals surface area contributed by atoms with Gasteiger partial charge in [-0.25, -0.2) is 0 Å². The van der Waals surface area contributed by atoms with Gasteiger partial charge in [-0.3, -0.25) is 0 Å². The molecule has 0 fully saturated rings. The number of hydrogen-bond acceptors (Lipinski definition) is 1. The predicted octanol–water partition coefficient (Wildman–Crippen LogP) is 3.51. The summed E-state index contributed by atoms with van der Waals surface area (Å²) in [6, 6.07) is 0. The Morgan fingerprint density at radius 1 is 0.400 bits per heavy atom. The molecule has 0 unspecified atom stereocenters. The Bertz CT molecular complexity index is 1860. The molecule has 0 N–H and O–H groups in total. The van der Waals surface area contributed by atoms with Gasteiger partial charge in [0, 0.05) is 59.2 Å². The highest BCUT2D eigenvalue weighted by Crippen LogP contribution is 2.23. The molecule has 0 atom stereocenters. The predicted molar refractivity (Wildman–Crippen MR) is 174 cm³/mol. The summed E-state index contributed by atoms with van der Waals surface area (Å²) in [5.41, 5.74) is 4.45. The summed E-state index contributed by atoms with van der Waals surface area (Å²) in [6.45, 7) is 15.8. The fourth-order valence-corrected chi connectivity index (χ4v) is 19.8. The molecule has 0 saturated carbocycles. The van der Waals surface area contributed by atoms with Crippen molar-refractivity contribution in [1.29, 1.82) is 0 Å². The van der Waals surface area contributed by atoms with Gasteiger partial charge in [0.25, 0.3) is 0 Å². The van der Waals surface area contributed by atoms with E-state index in [1.807, 2.05) is 0 Å². The molecule has 4 heteroatoms. The molecule has 0 aromatic carbocycles. The van der Waals surface area contributed by atoms with Crippen LogP contribution in [0.2, 0.25) is 51.5 Å². The first-order chi connectivity index (χ1) is 19.0. The van der Waals surface area contributed by atoms with Crippen molar-refractivity contribution < 1.29 is 4.12 Å². The zero-order valence-corrected chi connectivity index (χ0v) is 26.7. The Morgan fingerprint density at radius 3 is 0.900 bits per heavy atom. The lowest BCUT2D eigenvalue weighted by Crippen LogP contribution is -2.47. The molecular weight excluding hydrogens is 533 g/mol. The number of hydrogen-bond donors (Lipinski definition) is 0. The molecule has 0 aromatic heterocycles. The van der Waals surface area contributed by atoms with Crippen LogP contribution in [0.4, 0.5) is 0 Å². The topological polar surface area (TPSA) is 9.23 Å². The molecule has 186 valence electrons. The average molecular weight is 557 g/mol. The first kappa shape index (κ1) is 34.5. The van der Waals surface area contributed by atoms with E-state index < -0.39 is 24.7 Å². The van der Waals surface area contributed by atoms with Crippen molar-refractivity contribution in [3.63, 3.8) is 0 Å². The minimum Gasteiger partial charge on any atom is -0.456 e. The third-order valence-electron chi connectivity index (χ3n) is 3.42. The molecule has 0 radical (unpaired) electrons. The van der Waals surface area contributed by atoms with E-state index in [2.05, 4.69) is 205 Å². The molecule has 1 nitrogen and oxygen atoms in total. The monoisotopic (exact) mass is 556 g/mol. The highest BCUT2D eigenvalue weighted by atomic mass is 28.4. The van der Waals surface area contributed by atoms with E-state index in [4.69, 9.17) is 10.5 Å². The summed E-state index contributed by atoms with van der Waals surface area (Å²) < 4.78 is 6.44. The number of rotatable bonds is 4. The van der Waals surface area contributed by atoms with Gasteiger partial charge in [0.15, 0.2) is 16.6 Å². The lowest BCUT2D eigenvalue weighted by molar-refractivity contribution is 0.555. The van der Waals surface area contributed by atoms with E-state index in [1.54, 1.807) is 0 Å². The van der Waals surface area contributed by atoms with Crippen molar-refractivity contribution in [3.8, 4) is 166 Å². The molecule has 40 heavy (non-hydrogen) atoms. The summed E-state index contributed by atoms with van der Waals surface area (Å²) in [4.78, 5) is 0. The van der Waals surface area contributed by atoms with Gasteiger partial charge >= 0.3 is 0 Å². The molecule has 0 spiro atoms. The summed E-state index contributed by atoms with van der Waals surface area (Å²) >= 11 is 0. The van der Waals surface area contributed by atoms with E-state index in [0.29, 0.717) is 0 Å². The minimum atomic E-state index is -1.73. The van der Waals surface area contributed by atoms with Crippen molar-refractivity contribution >= 4 is 24.7 Å². The molecule has 0 aliphatic carbocycles. The largest absolute Gasteiger partial charge is 0.456 e. The van der Waals surface area contributed by atoms with Gasteiger partial charge in [-0.1, -0.05) is 13.1 Å². The number of terminal acetylenes is 1. The first-order valence-electron chi connectivity index (χ1n) is 11.7. The normalized spacial score (nSPS) is 7.45. The van der Waals surface area contributed by atoms with Crippen molar-refractivity contribution in [1.82, 2.24) is 0 Å². The van der Waals surface area contributed by atoms with Gasteiger partial charge in [-0.15, -0.1) is 12.0 Å². The van der Waals surface area contributed by atoms with Gasteiger partial charge < -0.3 is 4.12 Å². The molecule has 0 amide bonds. The Hall–Kier alpha value is -5.55. The van der Waals surface area contributed by atoms with Gasteiger partial charge in [0.2, 0.25) is 0 Å². The van der Waals surface area contributed by atoms with Gasteiger partial charge in [-0.05, 0) is 133 Å². The van der Waals surface area contributed by atoms with Crippen molar-refractivity contribution in [2.24, 2.45) is 0 Å². The van der Waals surface area contributed by atoms with Crippen LogP contribution < -0.4 is 0 Å². The molecule has 0 bridgehead atoms. The lowest BCUT2D eigenvalue weighted by Gasteiger charge is -2.34. The van der Waals surface area contributed by atoms with E-state index in [-0.39, 0.29) is 0 Å². The van der Waals surface area contributed by atoms with Crippen LogP contribution in [-0.2, 0) is 4.12 Å². The maximum absolute atomic E-state index is 6.44. The van der Waals surface area contributed by atoms with Crippen molar-refractivity contribution in [2.75, 3.05) is 0 Å². The van der Waals surface area contributed by atoms with E-state index in [9.17, 15) is 0 Å². The van der Waals surface area contributed by atoms with Crippen LogP contribution in [0, 0.1) is 166 Å². The zero-order chi connectivity index (χ0) is 30.0. The van der Waals surface area contributed by atoms with E-state index in [0.717, 1.165) is 5.67 Å². The standard InChI is InChI=1S/C36H24OSi3/c1-9-10-11-12-13-14-15-16-17-18-19-20-21-22-23-24-25-26-27-28-29-30-31-32-33-34-35-39(5,6)36-40(7,8)37-38(2,3)4/h1H,36H2,2-8H3. The second-order valence-corrected chi connectivity index (χ2v) is 23.4. The quantitative estimate of drug-likeness (QED) is 0.381. The molecular formula is C36H24OSi3. The van der Waals surface area contributed by atoms with E-state index in [1.165, 1.54) is 0 Å². The maximum atomic E-state index is 6.44. The highest BCUT2D eigenvalue weighted by molar-refractivity contribution is 6.99. The first-order valence-corrected chi connectivity index (χ1v) is 21.4. The Morgan fingerprint density at radius 2 is 0.650 bits per heavy atom. The molecule has 0 aliphatic rings. The molecule has 0 rings (SSSR count). The average Bonchev–Trinajstić information content (AvgIpc) is 2.84. The van der Waals surface area contributed by atoms with E-state index >= 15 is 0 Å². The minimum absolute atomic E-state index is 1.08. The van der Waals surface area contributed by atoms with Crippen LogP contribution in [-0.4, -0.2) is 24.7 Å². The van der Waals surface area contributed by atoms with Crippen molar-refractivity contribution in [3.05, 3.63) is 0 Å². The molecule has 0 heterocycles. The smallest absolute Gasteiger partial charge is 0.171 e. The molecule has 0 aromatic rings. The third-order valence-corrected chi connectivity index (χ3v) is 15.8. The second kappa shape index (κ2) is 20.5.